The van der Waals surface area contributed by atoms with Gasteiger partial charge in [-0.25, -0.2) is 4.79 Å². The molecule has 1 fully saturated rings. The number of carbonyl (C=O) groups excluding carboxylic acids is 1. The molecule has 26 heavy (non-hydrogen) atoms. The first kappa shape index (κ1) is 18.5. The molecule has 5 nitrogen and oxygen atoms in total. The van der Waals surface area contributed by atoms with Crippen molar-refractivity contribution < 1.29 is 14.3 Å². The van der Waals surface area contributed by atoms with Crippen LogP contribution in [0.1, 0.15) is 6.42 Å². The molecule has 0 spiro atoms. The Hall–Kier alpha value is -2.25. The molecule has 0 unspecified atom stereocenters. The van der Waals surface area contributed by atoms with Gasteiger partial charge in [-0.05, 0) is 54.3 Å². The van der Waals surface area contributed by atoms with E-state index in [1.807, 2.05) is 42.5 Å². The van der Waals surface area contributed by atoms with Crippen LogP contribution < -0.4 is 4.74 Å². The van der Waals surface area contributed by atoms with Crippen LogP contribution in [-0.2, 0) is 9.53 Å². The van der Waals surface area contributed by atoms with E-state index in [0.29, 0.717) is 11.4 Å². The van der Waals surface area contributed by atoms with Crippen molar-refractivity contribution in [2.75, 3.05) is 18.6 Å². The number of nitrogens with zero attached hydrogens (tertiary/aromatic N) is 2. The van der Waals surface area contributed by atoms with Crippen LogP contribution in [-0.4, -0.2) is 24.6 Å². The van der Waals surface area contributed by atoms with Crippen LogP contribution in [0.5, 0.6) is 11.5 Å². The second kappa shape index (κ2) is 9.45. The number of rotatable bonds is 5. The summed E-state index contributed by atoms with van der Waals surface area (Å²) in [7, 11) is 1.35. The zero-order valence-corrected chi connectivity index (χ0v) is 15.9. The van der Waals surface area contributed by atoms with E-state index in [2.05, 4.69) is 10.2 Å². The summed E-state index contributed by atoms with van der Waals surface area (Å²) in [6.07, 6.45) is 1.12. The van der Waals surface area contributed by atoms with Gasteiger partial charge in [-0.15, -0.1) is 28.6 Å². The van der Waals surface area contributed by atoms with Crippen molar-refractivity contribution in [2.24, 2.45) is 10.2 Å². The molecule has 3 rings (SSSR count). The van der Waals surface area contributed by atoms with Gasteiger partial charge in [-0.1, -0.05) is 18.2 Å². The van der Waals surface area contributed by atoms with Crippen LogP contribution in [0.2, 0.25) is 0 Å². The van der Waals surface area contributed by atoms with Crippen molar-refractivity contribution in [2.45, 2.75) is 6.42 Å². The molecular formula is C19H18N2O3S2. The fraction of sp³-hybridized carbons (Fsp3) is 0.211. The summed E-state index contributed by atoms with van der Waals surface area (Å²) in [5, 5.41) is 8.33. The maximum Gasteiger partial charge on any atom is 0.360 e. The number of hydrogen-bond acceptors (Lipinski definition) is 7. The van der Waals surface area contributed by atoms with Gasteiger partial charge >= 0.3 is 5.97 Å². The highest BCUT2D eigenvalue weighted by Crippen LogP contribution is 2.38. The molecule has 0 amide bonds. The number of methoxy groups -OCH3 is 1. The molecular weight excluding hydrogens is 368 g/mol. The van der Waals surface area contributed by atoms with E-state index in [0.717, 1.165) is 27.9 Å². The van der Waals surface area contributed by atoms with Crippen molar-refractivity contribution in [3.8, 4) is 11.5 Å². The van der Waals surface area contributed by atoms with E-state index in [1.165, 1.54) is 7.11 Å². The van der Waals surface area contributed by atoms with Crippen molar-refractivity contribution in [3.63, 3.8) is 0 Å². The lowest BCUT2D eigenvalue weighted by Gasteiger charge is -2.13. The molecule has 7 heteroatoms. The number of hydrogen-bond donors (Lipinski definition) is 0. The summed E-state index contributed by atoms with van der Waals surface area (Å²) in [4.78, 5) is 12.0. The van der Waals surface area contributed by atoms with Crippen molar-refractivity contribution >= 4 is 35.2 Å². The average Bonchev–Trinajstić information content (AvgIpc) is 2.71. The van der Waals surface area contributed by atoms with Gasteiger partial charge in [-0.3, -0.25) is 0 Å². The molecule has 0 radical (unpaired) electrons. The van der Waals surface area contributed by atoms with Gasteiger partial charge in [-0.2, -0.15) is 5.11 Å². The fourth-order valence-corrected chi connectivity index (χ4v) is 4.63. The molecule has 0 aliphatic carbocycles. The van der Waals surface area contributed by atoms with Gasteiger partial charge in [0.15, 0.2) is 5.70 Å². The summed E-state index contributed by atoms with van der Waals surface area (Å²) in [5.74, 6) is 2.97. The third-order valence-electron chi connectivity index (χ3n) is 3.41. The highest BCUT2D eigenvalue weighted by molar-refractivity contribution is 8.22. The first-order chi connectivity index (χ1) is 12.8. The summed E-state index contributed by atoms with van der Waals surface area (Å²) in [6, 6.07) is 16.8. The second-order valence-corrected chi connectivity index (χ2v) is 7.76. The Morgan fingerprint density at radius 2 is 1.62 bits per heavy atom. The number of azo groups is 1. The second-order valence-electron chi connectivity index (χ2n) is 5.29. The number of para-hydroxylation sites is 1. The van der Waals surface area contributed by atoms with E-state index in [-0.39, 0.29) is 5.70 Å². The molecule has 1 aliphatic rings. The standard InChI is InChI=1S/C19H18N2O3S2/c1-23-18(22)17(19-25-12-5-13-26-19)21-20-14-8-10-16(11-9-14)24-15-6-3-2-4-7-15/h2-4,6-11H,5,12-13H2,1H3. The lowest BCUT2D eigenvalue weighted by molar-refractivity contribution is -0.136. The molecule has 1 saturated heterocycles. The van der Waals surface area contributed by atoms with Gasteiger partial charge < -0.3 is 9.47 Å². The summed E-state index contributed by atoms with van der Waals surface area (Å²) in [6.45, 7) is 0. The zero-order valence-electron chi connectivity index (χ0n) is 14.3. The molecule has 0 bridgehead atoms. The summed E-state index contributed by atoms with van der Waals surface area (Å²) < 4.78 is 11.5. The van der Waals surface area contributed by atoms with Crippen LogP contribution in [0.15, 0.2) is 74.8 Å². The van der Waals surface area contributed by atoms with Crippen LogP contribution in [0, 0.1) is 0 Å². The molecule has 2 aromatic rings. The number of ether oxygens (including phenoxy) is 2. The van der Waals surface area contributed by atoms with Gasteiger partial charge in [0.1, 0.15) is 11.5 Å². The Balaban J connectivity index is 1.73. The third-order valence-corrected chi connectivity index (χ3v) is 6.01. The smallest absolute Gasteiger partial charge is 0.360 e. The lowest BCUT2D eigenvalue weighted by Crippen LogP contribution is -2.06. The van der Waals surface area contributed by atoms with E-state index in [4.69, 9.17) is 9.47 Å². The average molecular weight is 386 g/mol. The number of carbonyl (C=O) groups is 1. The molecule has 1 aliphatic heterocycles. The molecule has 1 heterocycles. The van der Waals surface area contributed by atoms with Crippen LogP contribution >= 0.6 is 23.5 Å². The monoisotopic (exact) mass is 386 g/mol. The Bertz CT molecular complexity index is 797. The predicted molar refractivity (Wildman–Crippen MR) is 106 cm³/mol. The van der Waals surface area contributed by atoms with Crippen molar-refractivity contribution in [1.82, 2.24) is 0 Å². The van der Waals surface area contributed by atoms with E-state index < -0.39 is 5.97 Å². The van der Waals surface area contributed by atoms with E-state index in [9.17, 15) is 4.79 Å². The van der Waals surface area contributed by atoms with Gasteiger partial charge in [0.05, 0.1) is 17.0 Å². The number of thioether (sulfide) groups is 2. The maximum atomic E-state index is 12.0. The normalized spacial score (nSPS) is 14.3. The maximum absolute atomic E-state index is 12.0. The van der Waals surface area contributed by atoms with E-state index >= 15 is 0 Å². The van der Waals surface area contributed by atoms with Crippen LogP contribution in [0.4, 0.5) is 5.69 Å². The molecule has 0 saturated carbocycles. The molecule has 0 aromatic heterocycles. The Kier molecular flexibility index (Phi) is 6.74. The minimum Gasteiger partial charge on any atom is -0.464 e. The van der Waals surface area contributed by atoms with Crippen molar-refractivity contribution in [3.05, 3.63) is 64.5 Å². The topological polar surface area (TPSA) is 60.2 Å². The minimum atomic E-state index is -0.463. The largest absolute Gasteiger partial charge is 0.464 e. The highest BCUT2D eigenvalue weighted by atomic mass is 32.2. The third kappa shape index (κ3) is 5.12. The van der Waals surface area contributed by atoms with Gasteiger partial charge in [0.25, 0.3) is 0 Å². The Morgan fingerprint density at radius 1 is 0.962 bits per heavy atom. The molecule has 2 aromatic carbocycles. The lowest BCUT2D eigenvalue weighted by atomic mass is 10.3. The Labute approximate surface area is 160 Å². The number of esters is 1. The molecule has 0 atom stereocenters. The zero-order chi connectivity index (χ0) is 18.2. The highest BCUT2D eigenvalue weighted by Gasteiger charge is 2.19. The first-order valence-corrected chi connectivity index (χ1v) is 10.1. The minimum absolute atomic E-state index is 0.270. The van der Waals surface area contributed by atoms with E-state index in [1.54, 1.807) is 35.7 Å². The van der Waals surface area contributed by atoms with Gasteiger partial charge in [0, 0.05) is 0 Å². The summed E-state index contributed by atoms with van der Waals surface area (Å²) in [5.41, 5.74) is 0.907. The van der Waals surface area contributed by atoms with Crippen molar-refractivity contribution in [1.29, 1.82) is 0 Å². The molecule has 134 valence electrons. The van der Waals surface area contributed by atoms with Gasteiger partial charge in [0.2, 0.25) is 0 Å². The van der Waals surface area contributed by atoms with Crippen LogP contribution in [0.25, 0.3) is 0 Å². The quantitative estimate of drug-likeness (QED) is 0.371. The summed E-state index contributed by atoms with van der Waals surface area (Å²) >= 11 is 3.24. The predicted octanol–water partition coefficient (Wildman–Crippen LogP) is 5.77. The fourth-order valence-electron chi connectivity index (χ4n) is 2.14. The molecule has 0 N–H and O–H groups in total. The first-order valence-electron chi connectivity index (χ1n) is 8.09. The van der Waals surface area contributed by atoms with Crippen LogP contribution in [0.3, 0.4) is 0 Å². The number of benzene rings is 2. The SMILES string of the molecule is COC(=O)C(N=Nc1ccc(Oc2ccccc2)cc1)=C1SCCCS1. The Morgan fingerprint density at radius 3 is 2.27 bits per heavy atom.